The van der Waals surface area contributed by atoms with E-state index in [9.17, 15) is 60.3 Å². The van der Waals surface area contributed by atoms with Crippen molar-refractivity contribution in [3.63, 3.8) is 0 Å². The standard InChI is InChI=1S/C10H8O15S5/c11-26(12,13)5-1-4-2-7(28(17,18)19)9(29(20,21)22)10(30(23,24)25)8(4)6(3-5)27(14,15)16/h1-3H,(H,11,12,13)(H,14,15,16)(H,17,18,19)(H,20,21,22)(H,23,24,25). The molecular formula is C10H8O15S5. The summed E-state index contributed by atoms with van der Waals surface area (Å²) in [6, 6.07) is 0.213. The molecule has 0 aliphatic heterocycles. The van der Waals surface area contributed by atoms with Gasteiger partial charge in [0.2, 0.25) is 0 Å². The molecule has 0 spiro atoms. The summed E-state index contributed by atoms with van der Waals surface area (Å²) in [6.45, 7) is 0. The predicted octanol–water partition coefficient (Wildman–Crippen LogP) is -0.927. The lowest BCUT2D eigenvalue weighted by atomic mass is 10.1. The molecule has 20 heteroatoms. The van der Waals surface area contributed by atoms with Crippen LogP contribution in [-0.2, 0) is 50.6 Å². The summed E-state index contributed by atoms with van der Waals surface area (Å²) in [5.74, 6) is 0. The largest absolute Gasteiger partial charge is 0.297 e. The van der Waals surface area contributed by atoms with Crippen molar-refractivity contribution in [2.45, 2.75) is 24.5 Å². The molecule has 0 radical (unpaired) electrons. The second-order valence-corrected chi connectivity index (χ2v) is 12.3. The van der Waals surface area contributed by atoms with Crippen LogP contribution in [0.2, 0.25) is 0 Å². The Kier molecular flexibility index (Phi) is 5.62. The van der Waals surface area contributed by atoms with Gasteiger partial charge in [-0.25, -0.2) is 0 Å². The molecule has 0 aliphatic rings. The Morgan fingerprint density at radius 3 is 1.23 bits per heavy atom. The Bertz CT molecular complexity index is 1630. The van der Waals surface area contributed by atoms with E-state index in [-0.39, 0.29) is 18.2 Å². The van der Waals surface area contributed by atoms with E-state index in [1.165, 1.54) is 0 Å². The van der Waals surface area contributed by atoms with Crippen molar-refractivity contribution in [2.24, 2.45) is 0 Å². The van der Waals surface area contributed by atoms with Crippen LogP contribution in [0, 0.1) is 0 Å². The summed E-state index contributed by atoms with van der Waals surface area (Å²) >= 11 is 0. The Labute approximate surface area is 168 Å². The van der Waals surface area contributed by atoms with Gasteiger partial charge in [0.1, 0.15) is 19.6 Å². The molecule has 0 amide bonds. The first-order chi connectivity index (χ1) is 13.1. The minimum absolute atomic E-state index is 0.0197. The summed E-state index contributed by atoms with van der Waals surface area (Å²) in [5, 5.41) is -2.60. The van der Waals surface area contributed by atoms with E-state index in [0.29, 0.717) is 0 Å². The van der Waals surface area contributed by atoms with Crippen LogP contribution in [0.4, 0.5) is 0 Å². The molecule has 0 bridgehead atoms. The molecule has 0 fully saturated rings. The molecule has 2 aromatic carbocycles. The SMILES string of the molecule is O=S(=O)(O)c1cc(S(=O)(=O)O)c2c(S(=O)(=O)O)c(S(=O)(=O)O)c(S(=O)(=O)O)cc2c1. The fraction of sp³-hybridized carbons (Fsp3) is 0. The molecule has 0 aliphatic carbocycles. The van der Waals surface area contributed by atoms with Gasteiger partial charge < -0.3 is 0 Å². The molecular weight excluding hydrogens is 520 g/mol. The number of rotatable bonds is 5. The quantitative estimate of drug-likeness (QED) is 0.293. The number of benzene rings is 2. The van der Waals surface area contributed by atoms with E-state index in [4.69, 9.17) is 4.55 Å². The van der Waals surface area contributed by atoms with Gasteiger partial charge in [0.15, 0.2) is 0 Å². The van der Waals surface area contributed by atoms with E-state index < -0.39 is 85.8 Å². The van der Waals surface area contributed by atoms with Crippen LogP contribution in [-0.4, -0.2) is 64.9 Å². The molecule has 0 unspecified atom stereocenters. The van der Waals surface area contributed by atoms with Crippen LogP contribution < -0.4 is 0 Å². The summed E-state index contributed by atoms with van der Waals surface area (Å²) in [6.07, 6.45) is 0. The summed E-state index contributed by atoms with van der Waals surface area (Å²) in [4.78, 5) is -9.27. The van der Waals surface area contributed by atoms with Crippen LogP contribution >= 0.6 is 0 Å². The van der Waals surface area contributed by atoms with Gasteiger partial charge in [0.05, 0.1) is 4.90 Å². The van der Waals surface area contributed by atoms with Crippen molar-refractivity contribution in [2.75, 3.05) is 0 Å². The van der Waals surface area contributed by atoms with Gasteiger partial charge in [-0.2, -0.15) is 42.1 Å². The highest BCUT2D eigenvalue weighted by molar-refractivity contribution is 7.91. The van der Waals surface area contributed by atoms with Crippen molar-refractivity contribution < 1.29 is 64.9 Å². The van der Waals surface area contributed by atoms with E-state index in [1.807, 2.05) is 0 Å². The zero-order valence-electron chi connectivity index (χ0n) is 13.6. The van der Waals surface area contributed by atoms with Crippen molar-refractivity contribution in [1.82, 2.24) is 0 Å². The Morgan fingerprint density at radius 1 is 0.467 bits per heavy atom. The molecule has 2 aromatic rings. The summed E-state index contributed by atoms with van der Waals surface area (Å²) < 4.78 is 162. The third kappa shape index (κ3) is 4.61. The van der Waals surface area contributed by atoms with E-state index in [2.05, 4.69) is 0 Å². The average Bonchev–Trinajstić information content (AvgIpc) is 2.47. The van der Waals surface area contributed by atoms with Gasteiger partial charge in [0, 0.05) is 5.39 Å². The first-order valence-corrected chi connectivity index (χ1v) is 13.8. The molecule has 0 atom stereocenters. The van der Waals surface area contributed by atoms with E-state index in [0.717, 1.165) is 0 Å². The fourth-order valence-corrected chi connectivity index (χ4v) is 7.29. The van der Waals surface area contributed by atoms with Crippen LogP contribution in [0.25, 0.3) is 10.8 Å². The van der Waals surface area contributed by atoms with Crippen LogP contribution in [0.15, 0.2) is 42.7 Å². The lowest BCUT2D eigenvalue weighted by Gasteiger charge is -2.15. The van der Waals surface area contributed by atoms with Gasteiger partial charge >= 0.3 is 0 Å². The normalized spacial score (nSPS) is 14.2. The van der Waals surface area contributed by atoms with Gasteiger partial charge in [-0.3, -0.25) is 22.8 Å². The molecule has 30 heavy (non-hydrogen) atoms. The first kappa shape index (κ1) is 24.5. The minimum Gasteiger partial charge on any atom is -0.282 e. The molecule has 5 N–H and O–H groups in total. The molecule has 0 saturated carbocycles. The monoisotopic (exact) mass is 528 g/mol. The number of fused-ring (bicyclic) bond motifs is 1. The molecule has 0 saturated heterocycles. The lowest BCUT2D eigenvalue weighted by molar-refractivity contribution is 0.457. The highest BCUT2D eigenvalue weighted by atomic mass is 32.2. The highest BCUT2D eigenvalue weighted by Crippen LogP contribution is 2.39. The summed E-state index contributed by atoms with van der Waals surface area (Å²) in [5.41, 5.74) is 0. The van der Waals surface area contributed by atoms with Crippen molar-refractivity contribution >= 4 is 61.4 Å². The van der Waals surface area contributed by atoms with Gasteiger partial charge in [-0.15, -0.1) is 0 Å². The van der Waals surface area contributed by atoms with E-state index >= 15 is 0 Å². The zero-order chi connectivity index (χ0) is 23.7. The Hall–Kier alpha value is -1.75. The van der Waals surface area contributed by atoms with Crippen molar-refractivity contribution in [1.29, 1.82) is 0 Å². The fourth-order valence-electron chi connectivity index (χ4n) is 2.43. The molecule has 0 heterocycles. The first-order valence-electron chi connectivity index (χ1n) is 6.58. The lowest BCUT2D eigenvalue weighted by Crippen LogP contribution is -2.16. The second-order valence-electron chi connectivity index (χ2n) is 5.43. The van der Waals surface area contributed by atoms with Crippen LogP contribution in [0.1, 0.15) is 0 Å². The molecule has 2 rings (SSSR count). The molecule has 0 aromatic heterocycles. The maximum atomic E-state index is 11.8. The smallest absolute Gasteiger partial charge is 0.282 e. The second kappa shape index (κ2) is 6.88. The average molecular weight is 528 g/mol. The minimum atomic E-state index is -5.96. The maximum Gasteiger partial charge on any atom is 0.297 e. The van der Waals surface area contributed by atoms with Crippen LogP contribution in [0.5, 0.6) is 0 Å². The van der Waals surface area contributed by atoms with Gasteiger partial charge in [-0.1, -0.05) is 0 Å². The number of hydrogen-bond donors (Lipinski definition) is 5. The third-order valence-corrected chi connectivity index (χ3v) is 8.13. The number of hydrogen-bond acceptors (Lipinski definition) is 10. The highest BCUT2D eigenvalue weighted by Gasteiger charge is 2.37. The van der Waals surface area contributed by atoms with Gasteiger partial charge in [0.25, 0.3) is 50.6 Å². The predicted molar refractivity (Wildman–Crippen MR) is 93.0 cm³/mol. The molecule has 15 nitrogen and oxygen atoms in total. The maximum absolute atomic E-state index is 11.8. The van der Waals surface area contributed by atoms with Crippen molar-refractivity contribution in [3.8, 4) is 0 Å². The van der Waals surface area contributed by atoms with E-state index in [1.54, 1.807) is 0 Å². The topological polar surface area (TPSA) is 272 Å². The molecule has 168 valence electrons. The summed E-state index contributed by atoms with van der Waals surface area (Å²) in [7, 11) is -28.6. The third-order valence-electron chi connectivity index (χ3n) is 3.42. The zero-order valence-corrected chi connectivity index (χ0v) is 17.7. The Morgan fingerprint density at radius 2 is 0.900 bits per heavy atom. The van der Waals surface area contributed by atoms with Crippen LogP contribution in [0.3, 0.4) is 0 Å². The van der Waals surface area contributed by atoms with Gasteiger partial charge in [-0.05, 0) is 23.6 Å². The Balaban J connectivity index is 3.59. The van der Waals surface area contributed by atoms with Crippen molar-refractivity contribution in [3.05, 3.63) is 18.2 Å².